The molecule has 1 aliphatic heterocycles. The van der Waals surface area contributed by atoms with Gasteiger partial charge in [-0.05, 0) is 31.0 Å². The standard InChI is InChI=1S/C17H23NO5/c1-3-7-23-14-6-5-12(8-15(14)22-4-2)10-18-11-13(17(20)21)9-16(18)19/h5-6,8,13H,3-4,7,9-11H2,1-2H3,(H,20,21). The molecule has 1 heterocycles. The predicted molar refractivity (Wildman–Crippen MR) is 84.6 cm³/mol. The van der Waals surface area contributed by atoms with Crippen LogP contribution in [0.1, 0.15) is 32.3 Å². The molecule has 6 heteroatoms. The van der Waals surface area contributed by atoms with E-state index in [0.717, 1.165) is 12.0 Å². The monoisotopic (exact) mass is 321 g/mol. The number of carboxylic acids is 1. The molecule has 6 nitrogen and oxygen atoms in total. The van der Waals surface area contributed by atoms with Crippen molar-refractivity contribution in [3.05, 3.63) is 23.8 Å². The highest BCUT2D eigenvalue weighted by atomic mass is 16.5. The van der Waals surface area contributed by atoms with Crippen molar-refractivity contribution in [2.45, 2.75) is 33.2 Å². The maximum Gasteiger partial charge on any atom is 0.308 e. The second-order valence-electron chi connectivity index (χ2n) is 5.58. The third kappa shape index (κ3) is 4.37. The summed E-state index contributed by atoms with van der Waals surface area (Å²) in [6.07, 6.45) is 0.984. The smallest absolute Gasteiger partial charge is 0.308 e. The van der Waals surface area contributed by atoms with Gasteiger partial charge in [0.2, 0.25) is 5.91 Å². The Kier molecular flexibility index (Phi) is 5.84. The second-order valence-corrected chi connectivity index (χ2v) is 5.58. The predicted octanol–water partition coefficient (Wildman–Crippen LogP) is 2.31. The van der Waals surface area contributed by atoms with Crippen molar-refractivity contribution in [3.63, 3.8) is 0 Å². The van der Waals surface area contributed by atoms with Crippen LogP contribution in [0.3, 0.4) is 0 Å². The lowest BCUT2D eigenvalue weighted by molar-refractivity contribution is -0.141. The SMILES string of the molecule is CCCOc1ccc(CN2CC(C(=O)O)CC2=O)cc1OCC. The number of carbonyl (C=O) groups is 2. The summed E-state index contributed by atoms with van der Waals surface area (Å²) in [5.74, 6) is -0.310. The zero-order valence-electron chi connectivity index (χ0n) is 13.6. The number of nitrogens with zero attached hydrogens (tertiary/aromatic N) is 1. The zero-order chi connectivity index (χ0) is 16.8. The van der Waals surface area contributed by atoms with E-state index in [1.165, 1.54) is 0 Å². The maximum atomic E-state index is 11.9. The summed E-state index contributed by atoms with van der Waals surface area (Å²) in [5, 5.41) is 9.03. The van der Waals surface area contributed by atoms with E-state index >= 15 is 0 Å². The van der Waals surface area contributed by atoms with Gasteiger partial charge in [0.1, 0.15) is 0 Å². The average Bonchev–Trinajstić information content (AvgIpc) is 2.88. The van der Waals surface area contributed by atoms with Gasteiger partial charge in [-0.1, -0.05) is 13.0 Å². The van der Waals surface area contributed by atoms with E-state index in [9.17, 15) is 9.59 Å². The van der Waals surface area contributed by atoms with Gasteiger partial charge in [0, 0.05) is 19.5 Å². The van der Waals surface area contributed by atoms with Crippen molar-refractivity contribution in [2.75, 3.05) is 19.8 Å². The normalized spacial score (nSPS) is 17.4. The summed E-state index contributed by atoms with van der Waals surface area (Å²) < 4.78 is 11.3. The lowest BCUT2D eigenvalue weighted by atomic mass is 10.1. The average molecular weight is 321 g/mol. The Labute approximate surface area is 136 Å². The lowest BCUT2D eigenvalue weighted by Crippen LogP contribution is -2.25. The van der Waals surface area contributed by atoms with Crippen molar-refractivity contribution >= 4 is 11.9 Å². The topological polar surface area (TPSA) is 76.1 Å². The second kappa shape index (κ2) is 7.85. The van der Waals surface area contributed by atoms with Crippen LogP contribution in [0, 0.1) is 5.92 Å². The van der Waals surface area contributed by atoms with Crippen LogP contribution < -0.4 is 9.47 Å². The van der Waals surface area contributed by atoms with Gasteiger partial charge < -0.3 is 19.5 Å². The van der Waals surface area contributed by atoms with Crippen molar-refractivity contribution in [2.24, 2.45) is 5.92 Å². The van der Waals surface area contributed by atoms with Gasteiger partial charge in [-0.15, -0.1) is 0 Å². The number of aliphatic carboxylic acids is 1. The number of benzene rings is 1. The molecule has 1 aromatic rings. The molecule has 0 bridgehead atoms. The number of rotatable bonds is 8. The Hall–Kier alpha value is -2.24. The molecule has 23 heavy (non-hydrogen) atoms. The first kappa shape index (κ1) is 17.1. The van der Waals surface area contributed by atoms with E-state index in [-0.39, 0.29) is 18.9 Å². The Bertz CT molecular complexity index is 572. The molecule has 1 unspecified atom stereocenters. The molecular weight excluding hydrogens is 298 g/mol. The number of hydrogen-bond acceptors (Lipinski definition) is 4. The summed E-state index contributed by atoms with van der Waals surface area (Å²) in [7, 11) is 0. The highest BCUT2D eigenvalue weighted by molar-refractivity contribution is 5.86. The minimum atomic E-state index is -0.917. The molecule has 1 aliphatic rings. The third-order valence-electron chi connectivity index (χ3n) is 3.71. The first-order valence-corrected chi connectivity index (χ1v) is 7.94. The number of carbonyl (C=O) groups excluding carboxylic acids is 1. The van der Waals surface area contributed by atoms with Gasteiger partial charge in [-0.25, -0.2) is 0 Å². The summed E-state index contributed by atoms with van der Waals surface area (Å²) in [5.41, 5.74) is 0.900. The van der Waals surface area contributed by atoms with Crippen molar-refractivity contribution in [1.29, 1.82) is 0 Å². The fraction of sp³-hybridized carbons (Fsp3) is 0.529. The Morgan fingerprint density at radius 2 is 2.09 bits per heavy atom. The maximum absolute atomic E-state index is 11.9. The molecule has 2 rings (SSSR count). The molecule has 1 fully saturated rings. The largest absolute Gasteiger partial charge is 0.490 e. The van der Waals surface area contributed by atoms with Crippen LogP contribution in [0.15, 0.2) is 18.2 Å². The summed E-state index contributed by atoms with van der Waals surface area (Å²) in [6, 6.07) is 5.58. The summed E-state index contributed by atoms with van der Waals surface area (Å²) >= 11 is 0. The molecule has 1 atom stereocenters. The number of carboxylic acid groups (broad SMARTS) is 1. The van der Waals surface area contributed by atoms with Gasteiger partial charge in [0.05, 0.1) is 19.1 Å². The molecule has 1 amide bonds. The van der Waals surface area contributed by atoms with Gasteiger partial charge in [-0.3, -0.25) is 9.59 Å². The Morgan fingerprint density at radius 1 is 1.30 bits per heavy atom. The quantitative estimate of drug-likeness (QED) is 0.795. The van der Waals surface area contributed by atoms with Crippen LogP contribution >= 0.6 is 0 Å². The first-order valence-electron chi connectivity index (χ1n) is 7.94. The van der Waals surface area contributed by atoms with Crippen molar-refractivity contribution in [3.8, 4) is 11.5 Å². The fourth-order valence-corrected chi connectivity index (χ4v) is 2.56. The number of likely N-dealkylation sites (tertiary alicyclic amines) is 1. The Balaban J connectivity index is 2.09. The molecule has 0 aromatic heterocycles. The minimum absolute atomic E-state index is 0.0747. The van der Waals surface area contributed by atoms with Crippen LogP contribution in [0.25, 0.3) is 0 Å². The molecule has 0 radical (unpaired) electrons. The van der Waals surface area contributed by atoms with Crippen LogP contribution in [0.5, 0.6) is 11.5 Å². The minimum Gasteiger partial charge on any atom is -0.490 e. The molecule has 0 saturated carbocycles. The highest BCUT2D eigenvalue weighted by Crippen LogP contribution is 2.30. The van der Waals surface area contributed by atoms with Crippen molar-refractivity contribution in [1.82, 2.24) is 4.90 Å². The molecule has 126 valence electrons. The third-order valence-corrected chi connectivity index (χ3v) is 3.71. The van der Waals surface area contributed by atoms with E-state index in [2.05, 4.69) is 0 Å². The van der Waals surface area contributed by atoms with E-state index in [1.807, 2.05) is 32.0 Å². The summed E-state index contributed by atoms with van der Waals surface area (Å²) in [6.45, 7) is 5.72. The van der Waals surface area contributed by atoms with Crippen molar-refractivity contribution < 1.29 is 24.2 Å². The first-order chi connectivity index (χ1) is 11.0. The van der Waals surface area contributed by atoms with E-state index < -0.39 is 11.9 Å². The Morgan fingerprint density at radius 3 is 2.70 bits per heavy atom. The molecule has 1 aromatic carbocycles. The van der Waals surface area contributed by atoms with Crippen LogP contribution in [0.4, 0.5) is 0 Å². The van der Waals surface area contributed by atoms with Gasteiger partial charge in [-0.2, -0.15) is 0 Å². The fourth-order valence-electron chi connectivity index (χ4n) is 2.56. The van der Waals surface area contributed by atoms with Gasteiger partial charge in [0.15, 0.2) is 11.5 Å². The van der Waals surface area contributed by atoms with Crippen LogP contribution in [-0.2, 0) is 16.1 Å². The molecule has 1 saturated heterocycles. The van der Waals surface area contributed by atoms with E-state index in [1.54, 1.807) is 4.90 Å². The van der Waals surface area contributed by atoms with Gasteiger partial charge in [0.25, 0.3) is 0 Å². The zero-order valence-corrected chi connectivity index (χ0v) is 13.6. The number of hydrogen-bond donors (Lipinski definition) is 1. The molecule has 0 spiro atoms. The molecule has 1 N–H and O–H groups in total. The lowest BCUT2D eigenvalue weighted by Gasteiger charge is -2.18. The number of ether oxygens (including phenoxy) is 2. The molecular formula is C17H23NO5. The number of amides is 1. The van der Waals surface area contributed by atoms with Crippen LogP contribution in [0.2, 0.25) is 0 Å². The van der Waals surface area contributed by atoms with E-state index in [4.69, 9.17) is 14.6 Å². The van der Waals surface area contributed by atoms with Gasteiger partial charge >= 0.3 is 5.97 Å². The van der Waals surface area contributed by atoms with Crippen LogP contribution in [-0.4, -0.2) is 41.6 Å². The summed E-state index contributed by atoms with van der Waals surface area (Å²) in [4.78, 5) is 24.5. The highest BCUT2D eigenvalue weighted by Gasteiger charge is 2.34. The van der Waals surface area contributed by atoms with E-state index in [0.29, 0.717) is 31.3 Å². The molecule has 0 aliphatic carbocycles.